The van der Waals surface area contributed by atoms with Gasteiger partial charge in [0.1, 0.15) is 0 Å². The summed E-state index contributed by atoms with van der Waals surface area (Å²) in [7, 11) is 0. The van der Waals surface area contributed by atoms with Crippen molar-refractivity contribution < 1.29 is 0 Å². The van der Waals surface area contributed by atoms with Crippen LogP contribution in [0.3, 0.4) is 0 Å². The van der Waals surface area contributed by atoms with Crippen LogP contribution in [0.2, 0.25) is 8.87 Å². The van der Waals surface area contributed by atoms with E-state index in [1.165, 1.54) is 17.3 Å². The van der Waals surface area contributed by atoms with E-state index in [4.69, 9.17) is 0 Å². The zero-order valence-electron chi connectivity index (χ0n) is 8.72. The first kappa shape index (κ1) is 11.1. The monoisotopic (exact) mass is 283 g/mol. The zero-order valence-corrected chi connectivity index (χ0v) is 11.6. The topological polar surface area (TPSA) is 0 Å². The molecule has 0 nitrogen and oxygen atoms in total. The van der Waals surface area contributed by atoms with Gasteiger partial charge in [0.2, 0.25) is 0 Å². The molecule has 0 unspecified atom stereocenters. The molecule has 0 N–H and O–H groups in total. The molecule has 0 amide bonds. The van der Waals surface area contributed by atoms with E-state index >= 15 is 0 Å². The van der Waals surface area contributed by atoms with Crippen molar-refractivity contribution in [3.8, 4) is 0 Å². The number of unbranched alkanes of at least 4 members (excludes halogenated alkanes) is 1. The standard InChI is InChI=1S/C6H5.C4H9.C2H5.Sn/c1-2-4-6-5-3-1;1-3-4-2;1-2;/h1-5H;1,3-4H2,2H3;1H2,2H3;/q;;;+1. The van der Waals surface area contributed by atoms with Crippen molar-refractivity contribution in [1.82, 2.24) is 0 Å². The van der Waals surface area contributed by atoms with Gasteiger partial charge in [0.15, 0.2) is 0 Å². The van der Waals surface area contributed by atoms with E-state index in [1.807, 2.05) is 0 Å². The normalized spacial score (nSPS) is 10.0. The molecule has 0 heterocycles. The van der Waals surface area contributed by atoms with Gasteiger partial charge < -0.3 is 0 Å². The predicted molar refractivity (Wildman–Crippen MR) is 62.0 cm³/mol. The summed E-state index contributed by atoms with van der Waals surface area (Å²) in [6.07, 6.45) is 2.80. The van der Waals surface area contributed by atoms with Crippen LogP contribution < -0.4 is 3.58 Å². The Bertz CT molecular complexity index is 218. The van der Waals surface area contributed by atoms with Crippen LogP contribution in [-0.4, -0.2) is 19.8 Å². The molecule has 13 heavy (non-hydrogen) atoms. The third-order valence-electron chi connectivity index (χ3n) is 2.44. The molecule has 1 heteroatoms. The van der Waals surface area contributed by atoms with Gasteiger partial charge in [0.25, 0.3) is 0 Å². The molecule has 0 aliphatic carbocycles. The quantitative estimate of drug-likeness (QED) is 0.727. The van der Waals surface area contributed by atoms with Crippen LogP contribution >= 0.6 is 0 Å². The van der Waals surface area contributed by atoms with E-state index in [9.17, 15) is 0 Å². The molecule has 0 aliphatic heterocycles. The van der Waals surface area contributed by atoms with Crippen LogP contribution in [0.5, 0.6) is 0 Å². The number of benzene rings is 1. The predicted octanol–water partition coefficient (Wildman–Crippen LogP) is 3.21. The molecule has 70 valence electrons. The molecule has 0 spiro atoms. The average Bonchev–Trinajstić information content (AvgIpc) is 2.21. The van der Waals surface area contributed by atoms with Gasteiger partial charge in [-0.05, 0) is 0 Å². The molecular formula is C12H19Sn+. The molecule has 1 aromatic rings. The SMILES string of the molecule is CCC[CH2][Sn+]([CH2]C)[c]1ccccc1. The minimum atomic E-state index is -1.16. The van der Waals surface area contributed by atoms with E-state index in [-0.39, 0.29) is 0 Å². The summed E-state index contributed by atoms with van der Waals surface area (Å²) in [5, 5.41) is 0. The Morgan fingerprint density at radius 2 is 1.77 bits per heavy atom. The van der Waals surface area contributed by atoms with Crippen molar-refractivity contribution in [3.05, 3.63) is 30.3 Å². The Labute approximate surface area is 89.1 Å². The van der Waals surface area contributed by atoms with Crippen molar-refractivity contribution in [1.29, 1.82) is 0 Å². The van der Waals surface area contributed by atoms with E-state index in [2.05, 4.69) is 44.2 Å². The van der Waals surface area contributed by atoms with Crippen LogP contribution in [0.15, 0.2) is 30.3 Å². The number of hydrogen-bond donors (Lipinski definition) is 0. The van der Waals surface area contributed by atoms with Crippen molar-refractivity contribution in [2.75, 3.05) is 0 Å². The van der Waals surface area contributed by atoms with Gasteiger partial charge in [-0.15, -0.1) is 0 Å². The van der Waals surface area contributed by atoms with E-state index in [0.29, 0.717) is 0 Å². The first-order valence-corrected chi connectivity index (χ1v) is 10.7. The fourth-order valence-corrected chi connectivity index (χ4v) is 8.71. The second kappa shape index (κ2) is 6.47. The molecule has 0 radical (unpaired) electrons. The van der Waals surface area contributed by atoms with Crippen LogP contribution in [0, 0.1) is 0 Å². The first-order chi connectivity index (χ1) is 6.38. The summed E-state index contributed by atoms with van der Waals surface area (Å²) in [5.41, 5.74) is 0. The second-order valence-electron chi connectivity index (χ2n) is 3.43. The Balaban J connectivity index is 2.56. The molecule has 0 saturated heterocycles. The van der Waals surface area contributed by atoms with E-state index in [1.54, 1.807) is 8.02 Å². The molecular weight excluding hydrogens is 263 g/mol. The van der Waals surface area contributed by atoms with Crippen molar-refractivity contribution in [3.63, 3.8) is 0 Å². The molecule has 0 atom stereocenters. The van der Waals surface area contributed by atoms with Gasteiger partial charge in [0, 0.05) is 0 Å². The van der Waals surface area contributed by atoms with Gasteiger partial charge in [-0.25, -0.2) is 0 Å². The Hall–Kier alpha value is 0.0187. The fourth-order valence-electron chi connectivity index (χ4n) is 1.59. The summed E-state index contributed by atoms with van der Waals surface area (Å²) in [5.74, 6) is 0. The third kappa shape index (κ3) is 3.72. The number of hydrogen-bond acceptors (Lipinski definition) is 0. The van der Waals surface area contributed by atoms with E-state index in [0.717, 1.165) is 0 Å². The summed E-state index contributed by atoms with van der Waals surface area (Å²) in [6, 6.07) is 11.2. The molecule has 0 saturated carbocycles. The van der Waals surface area contributed by atoms with Crippen molar-refractivity contribution >= 4 is 23.3 Å². The van der Waals surface area contributed by atoms with E-state index < -0.39 is 19.8 Å². The minimum absolute atomic E-state index is 1.16. The van der Waals surface area contributed by atoms with Crippen LogP contribution in [-0.2, 0) is 0 Å². The van der Waals surface area contributed by atoms with Gasteiger partial charge >= 0.3 is 89.2 Å². The van der Waals surface area contributed by atoms with Gasteiger partial charge in [-0.1, -0.05) is 0 Å². The summed E-state index contributed by atoms with van der Waals surface area (Å²) < 4.78 is 4.71. The average molecular weight is 282 g/mol. The van der Waals surface area contributed by atoms with Gasteiger partial charge in [-0.2, -0.15) is 0 Å². The van der Waals surface area contributed by atoms with Crippen molar-refractivity contribution in [2.24, 2.45) is 0 Å². The van der Waals surface area contributed by atoms with Crippen LogP contribution in [0.1, 0.15) is 26.7 Å². The Kier molecular flexibility index (Phi) is 5.52. The molecule has 1 aromatic carbocycles. The summed E-state index contributed by atoms with van der Waals surface area (Å²) in [6.45, 7) is 4.67. The molecule has 1 rings (SSSR count). The molecule has 0 aliphatic rings. The maximum absolute atomic E-state index is 2.37. The Morgan fingerprint density at radius 1 is 1.08 bits per heavy atom. The van der Waals surface area contributed by atoms with Gasteiger partial charge in [0.05, 0.1) is 0 Å². The maximum atomic E-state index is 2.37. The summed E-state index contributed by atoms with van der Waals surface area (Å²) >= 11 is -1.16. The fraction of sp³-hybridized carbons (Fsp3) is 0.500. The third-order valence-corrected chi connectivity index (χ3v) is 10.9. The summed E-state index contributed by atoms with van der Waals surface area (Å²) in [4.78, 5) is 0. The van der Waals surface area contributed by atoms with Crippen molar-refractivity contribution in [2.45, 2.75) is 35.6 Å². The second-order valence-corrected chi connectivity index (χ2v) is 12.0. The number of rotatable bonds is 5. The Morgan fingerprint density at radius 3 is 2.31 bits per heavy atom. The molecule has 0 fully saturated rings. The zero-order chi connectivity index (χ0) is 9.52. The molecule has 0 bridgehead atoms. The van der Waals surface area contributed by atoms with Gasteiger partial charge in [-0.3, -0.25) is 0 Å². The molecule has 0 aromatic heterocycles. The first-order valence-electron chi connectivity index (χ1n) is 5.28. The van der Waals surface area contributed by atoms with Crippen LogP contribution in [0.25, 0.3) is 0 Å². The van der Waals surface area contributed by atoms with Crippen LogP contribution in [0.4, 0.5) is 0 Å².